The molecule has 1 amide bonds. The molecule has 3 nitrogen and oxygen atoms in total. The number of benzene rings is 1. The number of carbonyl (C=O) groups is 1. The number of nitrogens with one attached hydrogen (secondary N) is 1. The molecule has 176 valence electrons. The smallest absolute Gasteiger partial charge is 0.220 e. The summed E-state index contributed by atoms with van der Waals surface area (Å²) in [6.07, 6.45) is 22.2. The molecule has 0 radical (unpaired) electrons. The van der Waals surface area contributed by atoms with Crippen LogP contribution in [0.15, 0.2) is 42.5 Å². The number of nitrogens with zero attached hydrogens (tertiary/aromatic N) is 1. The quantitative estimate of drug-likeness (QED) is 0.175. The summed E-state index contributed by atoms with van der Waals surface area (Å²) in [6, 6.07) is 10.5. The summed E-state index contributed by atoms with van der Waals surface area (Å²) in [5.74, 6) is 0.200. The molecule has 1 aromatic rings. The molecule has 0 unspecified atom stereocenters. The van der Waals surface area contributed by atoms with E-state index in [1.165, 1.54) is 82.6 Å². The Bertz CT molecular complexity index is 555. The first-order valence-corrected chi connectivity index (χ1v) is 12.9. The normalized spacial score (nSPS) is 11.5. The first-order valence-electron chi connectivity index (χ1n) is 12.9. The van der Waals surface area contributed by atoms with E-state index in [1.807, 2.05) is 6.07 Å². The van der Waals surface area contributed by atoms with E-state index < -0.39 is 0 Å². The molecule has 1 aromatic carbocycles. The van der Waals surface area contributed by atoms with Crippen LogP contribution in [0.4, 0.5) is 0 Å². The lowest BCUT2D eigenvalue weighted by Gasteiger charge is -2.17. The number of amides is 1. The molecule has 1 rings (SSSR count). The van der Waals surface area contributed by atoms with Crippen LogP contribution in [0.1, 0.15) is 102 Å². The zero-order chi connectivity index (χ0) is 22.4. The van der Waals surface area contributed by atoms with Crippen molar-refractivity contribution < 1.29 is 4.79 Å². The molecule has 0 spiro atoms. The molecule has 0 saturated heterocycles. The van der Waals surface area contributed by atoms with Crippen molar-refractivity contribution in [3.63, 3.8) is 0 Å². The standard InChI is InChI=1S/C28H48N2O/c1-3-4-5-6-7-8-9-10-11-12-13-14-15-16-20-23-28(31)29-24-25-30(2)26-27-21-18-17-19-22-27/h10-11,17-19,21-22H,3-9,12-16,20,23-26H2,1-2H3,(H,29,31)/b11-10-. The predicted molar refractivity (Wildman–Crippen MR) is 135 cm³/mol. The number of rotatable bonds is 20. The first kappa shape index (κ1) is 27.4. The van der Waals surface area contributed by atoms with Crippen LogP contribution < -0.4 is 5.32 Å². The van der Waals surface area contributed by atoms with Crippen LogP contribution in [0.2, 0.25) is 0 Å². The lowest BCUT2D eigenvalue weighted by atomic mass is 10.1. The molecule has 0 atom stereocenters. The highest BCUT2D eigenvalue weighted by molar-refractivity contribution is 5.75. The topological polar surface area (TPSA) is 32.3 Å². The molecule has 0 aliphatic heterocycles. The highest BCUT2D eigenvalue weighted by atomic mass is 16.1. The van der Waals surface area contributed by atoms with E-state index in [4.69, 9.17) is 0 Å². The maximum atomic E-state index is 12.0. The average molecular weight is 429 g/mol. The molecule has 0 aliphatic rings. The fourth-order valence-electron chi connectivity index (χ4n) is 3.81. The van der Waals surface area contributed by atoms with Crippen molar-refractivity contribution in [1.82, 2.24) is 10.2 Å². The Kier molecular flexibility index (Phi) is 18.0. The first-order chi connectivity index (χ1) is 15.2. The lowest BCUT2D eigenvalue weighted by molar-refractivity contribution is -0.121. The van der Waals surface area contributed by atoms with Gasteiger partial charge in [-0.3, -0.25) is 4.79 Å². The van der Waals surface area contributed by atoms with E-state index in [0.29, 0.717) is 6.42 Å². The molecule has 3 heteroatoms. The van der Waals surface area contributed by atoms with Crippen LogP contribution in [0.25, 0.3) is 0 Å². The van der Waals surface area contributed by atoms with E-state index in [0.717, 1.165) is 26.1 Å². The van der Waals surface area contributed by atoms with Gasteiger partial charge in [-0.05, 0) is 44.7 Å². The fraction of sp³-hybridized carbons (Fsp3) is 0.679. The van der Waals surface area contributed by atoms with E-state index in [2.05, 4.69) is 60.6 Å². The van der Waals surface area contributed by atoms with Gasteiger partial charge in [0.15, 0.2) is 0 Å². The number of hydrogen-bond acceptors (Lipinski definition) is 2. The Morgan fingerprint density at radius 2 is 1.42 bits per heavy atom. The van der Waals surface area contributed by atoms with Gasteiger partial charge in [-0.15, -0.1) is 0 Å². The molecule has 0 saturated carbocycles. The van der Waals surface area contributed by atoms with Crippen molar-refractivity contribution in [2.24, 2.45) is 0 Å². The Morgan fingerprint density at radius 3 is 2.06 bits per heavy atom. The van der Waals surface area contributed by atoms with E-state index >= 15 is 0 Å². The minimum absolute atomic E-state index is 0.200. The third-order valence-electron chi connectivity index (χ3n) is 5.78. The van der Waals surface area contributed by atoms with Crippen molar-refractivity contribution in [2.45, 2.75) is 103 Å². The highest BCUT2D eigenvalue weighted by Gasteiger charge is 2.03. The molecule has 0 fully saturated rings. The molecular weight excluding hydrogens is 380 g/mol. The van der Waals surface area contributed by atoms with Gasteiger partial charge in [0.05, 0.1) is 0 Å². The highest BCUT2D eigenvalue weighted by Crippen LogP contribution is 2.10. The zero-order valence-corrected chi connectivity index (χ0v) is 20.4. The van der Waals surface area contributed by atoms with Gasteiger partial charge in [-0.1, -0.05) is 101 Å². The summed E-state index contributed by atoms with van der Waals surface area (Å²) in [6.45, 7) is 4.81. The van der Waals surface area contributed by atoms with Crippen LogP contribution in [-0.2, 0) is 11.3 Å². The second kappa shape index (κ2) is 20.3. The van der Waals surface area contributed by atoms with Crippen molar-refractivity contribution in [2.75, 3.05) is 20.1 Å². The second-order valence-electron chi connectivity index (χ2n) is 8.91. The SMILES string of the molecule is CCCCCCCC/C=C\CCCCCCCC(=O)NCCN(C)Cc1ccccc1. The summed E-state index contributed by atoms with van der Waals surface area (Å²) >= 11 is 0. The summed E-state index contributed by atoms with van der Waals surface area (Å²) in [5.41, 5.74) is 1.31. The van der Waals surface area contributed by atoms with Gasteiger partial charge < -0.3 is 10.2 Å². The zero-order valence-electron chi connectivity index (χ0n) is 20.4. The Hall–Kier alpha value is -1.61. The minimum Gasteiger partial charge on any atom is -0.355 e. The van der Waals surface area contributed by atoms with Crippen LogP contribution in [0.5, 0.6) is 0 Å². The van der Waals surface area contributed by atoms with Crippen LogP contribution in [0, 0.1) is 0 Å². The second-order valence-corrected chi connectivity index (χ2v) is 8.91. The summed E-state index contributed by atoms with van der Waals surface area (Å²) < 4.78 is 0. The van der Waals surface area contributed by atoms with E-state index in [9.17, 15) is 4.79 Å². The number of allylic oxidation sites excluding steroid dienone is 2. The number of unbranched alkanes of at least 4 members (excludes halogenated alkanes) is 11. The van der Waals surface area contributed by atoms with Crippen LogP contribution in [0.3, 0.4) is 0 Å². The molecule has 0 bridgehead atoms. The Morgan fingerprint density at radius 1 is 0.839 bits per heavy atom. The Labute approximate surface area is 192 Å². The number of carbonyl (C=O) groups excluding carboxylic acids is 1. The monoisotopic (exact) mass is 428 g/mol. The predicted octanol–water partition coefficient (Wildman–Crippen LogP) is 7.27. The van der Waals surface area contributed by atoms with Gasteiger partial charge in [0.1, 0.15) is 0 Å². The van der Waals surface area contributed by atoms with Gasteiger partial charge in [0.2, 0.25) is 5.91 Å². The molecule has 31 heavy (non-hydrogen) atoms. The van der Waals surface area contributed by atoms with Crippen LogP contribution >= 0.6 is 0 Å². The summed E-state index contributed by atoms with van der Waals surface area (Å²) in [5, 5.41) is 3.06. The molecule has 0 aromatic heterocycles. The van der Waals surface area contributed by atoms with E-state index in [-0.39, 0.29) is 5.91 Å². The van der Waals surface area contributed by atoms with Crippen molar-refractivity contribution in [3.05, 3.63) is 48.0 Å². The van der Waals surface area contributed by atoms with Crippen molar-refractivity contribution in [3.8, 4) is 0 Å². The number of hydrogen-bond donors (Lipinski definition) is 1. The van der Waals surface area contributed by atoms with E-state index in [1.54, 1.807) is 0 Å². The molecular formula is C28H48N2O. The van der Waals surface area contributed by atoms with Gasteiger partial charge in [-0.25, -0.2) is 0 Å². The maximum Gasteiger partial charge on any atom is 0.220 e. The fourth-order valence-corrected chi connectivity index (χ4v) is 3.81. The van der Waals surface area contributed by atoms with Crippen molar-refractivity contribution >= 4 is 5.91 Å². The number of likely N-dealkylation sites (N-methyl/N-ethyl adjacent to an activating group) is 1. The third-order valence-corrected chi connectivity index (χ3v) is 5.78. The molecule has 0 heterocycles. The van der Waals surface area contributed by atoms with Crippen LogP contribution in [-0.4, -0.2) is 30.9 Å². The molecule has 0 aliphatic carbocycles. The van der Waals surface area contributed by atoms with Crippen molar-refractivity contribution in [1.29, 1.82) is 0 Å². The van der Waals surface area contributed by atoms with Gasteiger partial charge in [0, 0.05) is 26.1 Å². The average Bonchev–Trinajstić information content (AvgIpc) is 2.77. The summed E-state index contributed by atoms with van der Waals surface area (Å²) in [7, 11) is 2.10. The van der Waals surface area contributed by atoms with Gasteiger partial charge >= 0.3 is 0 Å². The minimum atomic E-state index is 0.200. The molecule has 1 N–H and O–H groups in total. The lowest BCUT2D eigenvalue weighted by Crippen LogP contribution is -2.32. The maximum absolute atomic E-state index is 12.0. The van der Waals surface area contributed by atoms with Gasteiger partial charge in [0.25, 0.3) is 0 Å². The summed E-state index contributed by atoms with van der Waals surface area (Å²) in [4.78, 5) is 14.2. The van der Waals surface area contributed by atoms with Gasteiger partial charge in [-0.2, -0.15) is 0 Å². The Balaban J connectivity index is 1.84. The largest absolute Gasteiger partial charge is 0.355 e. The third kappa shape index (κ3) is 17.7.